The van der Waals surface area contributed by atoms with Crippen LogP contribution in [0.25, 0.3) is 5.69 Å². The average Bonchev–Trinajstić information content (AvgIpc) is 3.04. The van der Waals surface area contributed by atoms with Gasteiger partial charge >= 0.3 is 5.97 Å². The highest BCUT2D eigenvalue weighted by Gasteiger charge is 2.14. The fourth-order valence-electron chi connectivity index (χ4n) is 2.04. The third-order valence-corrected chi connectivity index (χ3v) is 3.30. The molecule has 0 atom stereocenters. The number of rotatable bonds is 6. The second kappa shape index (κ2) is 7.40. The molecular formula is C16H19N3O3. The first kappa shape index (κ1) is 15.8. The molecule has 6 nitrogen and oxygen atoms in total. The summed E-state index contributed by atoms with van der Waals surface area (Å²) >= 11 is 0. The van der Waals surface area contributed by atoms with Gasteiger partial charge in [0.15, 0.2) is 0 Å². The van der Waals surface area contributed by atoms with Crippen LogP contribution in [-0.2, 0) is 9.53 Å². The number of aromatic nitrogens is 2. The number of hydrogen-bond donors (Lipinski definition) is 0. The van der Waals surface area contributed by atoms with Gasteiger partial charge in [-0.05, 0) is 18.6 Å². The number of carbonyl (C=O) groups is 2. The molecule has 0 fully saturated rings. The Labute approximate surface area is 129 Å². The number of ether oxygens (including phenoxy) is 1. The Morgan fingerprint density at radius 2 is 2.00 bits per heavy atom. The van der Waals surface area contributed by atoms with E-state index in [1.807, 2.05) is 30.3 Å². The van der Waals surface area contributed by atoms with E-state index >= 15 is 0 Å². The molecule has 22 heavy (non-hydrogen) atoms. The van der Waals surface area contributed by atoms with Gasteiger partial charge in [0, 0.05) is 26.2 Å². The highest BCUT2D eigenvalue weighted by atomic mass is 16.5. The van der Waals surface area contributed by atoms with Crippen LogP contribution in [0, 0.1) is 0 Å². The van der Waals surface area contributed by atoms with Crippen LogP contribution >= 0.6 is 0 Å². The molecule has 1 amide bonds. The highest BCUT2D eigenvalue weighted by Crippen LogP contribution is 2.09. The van der Waals surface area contributed by atoms with Gasteiger partial charge in [0.25, 0.3) is 5.91 Å². The Morgan fingerprint density at radius 1 is 1.27 bits per heavy atom. The van der Waals surface area contributed by atoms with Gasteiger partial charge in [-0.15, -0.1) is 0 Å². The summed E-state index contributed by atoms with van der Waals surface area (Å²) in [7, 11) is 3.06. The zero-order chi connectivity index (χ0) is 15.9. The van der Waals surface area contributed by atoms with E-state index in [0.717, 1.165) is 5.69 Å². The van der Waals surface area contributed by atoms with Crippen molar-refractivity contribution in [2.45, 2.75) is 12.8 Å². The predicted molar refractivity (Wildman–Crippen MR) is 81.8 cm³/mol. The second-order valence-corrected chi connectivity index (χ2v) is 4.92. The first-order chi connectivity index (χ1) is 10.6. The molecule has 1 heterocycles. The van der Waals surface area contributed by atoms with E-state index in [0.29, 0.717) is 24.9 Å². The number of hydrogen-bond acceptors (Lipinski definition) is 4. The van der Waals surface area contributed by atoms with Gasteiger partial charge in [0.1, 0.15) is 0 Å². The smallest absolute Gasteiger partial charge is 0.305 e. The summed E-state index contributed by atoms with van der Waals surface area (Å²) in [5.41, 5.74) is 1.42. The van der Waals surface area contributed by atoms with Crippen LogP contribution in [0.5, 0.6) is 0 Å². The molecule has 2 rings (SSSR count). The lowest BCUT2D eigenvalue weighted by Crippen LogP contribution is -2.27. The Hall–Kier alpha value is -2.63. The maximum absolute atomic E-state index is 12.3. The molecule has 0 aliphatic rings. The first-order valence-corrected chi connectivity index (χ1v) is 7.04. The summed E-state index contributed by atoms with van der Waals surface area (Å²) in [6.07, 6.45) is 4.12. The van der Waals surface area contributed by atoms with Crippen molar-refractivity contribution in [3.8, 4) is 5.69 Å². The van der Waals surface area contributed by atoms with Crippen LogP contribution in [-0.4, -0.2) is 47.3 Å². The fraction of sp³-hybridized carbons (Fsp3) is 0.312. The van der Waals surface area contributed by atoms with Crippen LogP contribution in [0.4, 0.5) is 0 Å². The maximum Gasteiger partial charge on any atom is 0.305 e. The number of para-hydroxylation sites is 1. The minimum absolute atomic E-state index is 0.118. The van der Waals surface area contributed by atoms with E-state index < -0.39 is 0 Å². The molecule has 0 aliphatic heterocycles. The van der Waals surface area contributed by atoms with Crippen LogP contribution in [0.1, 0.15) is 23.2 Å². The molecular weight excluding hydrogens is 282 g/mol. The summed E-state index contributed by atoms with van der Waals surface area (Å²) in [5, 5.41) is 4.21. The van der Waals surface area contributed by atoms with Gasteiger partial charge < -0.3 is 9.64 Å². The minimum Gasteiger partial charge on any atom is -0.469 e. The van der Waals surface area contributed by atoms with Crippen molar-refractivity contribution >= 4 is 11.9 Å². The van der Waals surface area contributed by atoms with E-state index in [4.69, 9.17) is 0 Å². The van der Waals surface area contributed by atoms with Crippen molar-refractivity contribution in [2.24, 2.45) is 0 Å². The predicted octanol–water partition coefficient (Wildman–Crippen LogP) is 1.90. The quantitative estimate of drug-likeness (QED) is 0.764. The average molecular weight is 301 g/mol. The van der Waals surface area contributed by atoms with Crippen LogP contribution in [0.15, 0.2) is 42.7 Å². The number of amides is 1. The Balaban J connectivity index is 1.95. The maximum atomic E-state index is 12.3. The second-order valence-electron chi connectivity index (χ2n) is 4.92. The molecule has 0 radical (unpaired) electrons. The largest absolute Gasteiger partial charge is 0.469 e. The number of esters is 1. The molecule has 6 heteroatoms. The molecule has 0 spiro atoms. The van der Waals surface area contributed by atoms with Gasteiger partial charge in [-0.25, -0.2) is 4.68 Å². The Kier molecular flexibility index (Phi) is 5.30. The van der Waals surface area contributed by atoms with Gasteiger partial charge in [0.05, 0.1) is 24.6 Å². The molecule has 0 saturated carbocycles. The molecule has 0 N–H and O–H groups in total. The van der Waals surface area contributed by atoms with Crippen molar-refractivity contribution < 1.29 is 14.3 Å². The van der Waals surface area contributed by atoms with Crippen molar-refractivity contribution in [1.29, 1.82) is 0 Å². The molecule has 0 aliphatic carbocycles. The van der Waals surface area contributed by atoms with Crippen LogP contribution in [0.3, 0.4) is 0 Å². The molecule has 1 aromatic carbocycles. The zero-order valence-electron chi connectivity index (χ0n) is 12.7. The topological polar surface area (TPSA) is 64.4 Å². The fourth-order valence-corrected chi connectivity index (χ4v) is 2.04. The summed E-state index contributed by atoms with van der Waals surface area (Å²) in [6.45, 7) is 0.491. The van der Waals surface area contributed by atoms with Crippen LogP contribution < -0.4 is 0 Å². The summed E-state index contributed by atoms with van der Waals surface area (Å²) < 4.78 is 6.24. The lowest BCUT2D eigenvalue weighted by atomic mass is 10.2. The number of carbonyl (C=O) groups excluding carboxylic acids is 2. The van der Waals surface area contributed by atoms with E-state index in [2.05, 4.69) is 9.84 Å². The van der Waals surface area contributed by atoms with E-state index in [1.54, 1.807) is 29.0 Å². The summed E-state index contributed by atoms with van der Waals surface area (Å²) in [5.74, 6) is -0.384. The molecule has 1 aromatic heterocycles. The van der Waals surface area contributed by atoms with Crippen molar-refractivity contribution in [2.75, 3.05) is 20.7 Å². The Morgan fingerprint density at radius 3 is 2.68 bits per heavy atom. The lowest BCUT2D eigenvalue weighted by Gasteiger charge is -2.15. The zero-order valence-corrected chi connectivity index (χ0v) is 12.7. The number of methoxy groups -OCH3 is 1. The summed E-state index contributed by atoms with van der Waals surface area (Å²) in [4.78, 5) is 24.9. The third-order valence-electron chi connectivity index (χ3n) is 3.30. The normalized spacial score (nSPS) is 10.3. The molecule has 0 unspecified atom stereocenters. The first-order valence-electron chi connectivity index (χ1n) is 7.04. The standard InChI is InChI=1S/C16H19N3O3/c1-18(10-6-9-15(20)22-2)16(21)13-11-17-19(12-13)14-7-4-3-5-8-14/h3-5,7-8,11-12H,6,9-10H2,1-2H3. The Bertz CT molecular complexity index is 637. The van der Waals surface area contributed by atoms with Crippen molar-refractivity contribution in [3.05, 3.63) is 48.3 Å². The van der Waals surface area contributed by atoms with Crippen molar-refractivity contribution in [1.82, 2.24) is 14.7 Å². The van der Waals surface area contributed by atoms with Crippen LogP contribution in [0.2, 0.25) is 0 Å². The number of nitrogens with zero attached hydrogens (tertiary/aromatic N) is 3. The van der Waals surface area contributed by atoms with E-state index in [9.17, 15) is 9.59 Å². The summed E-state index contributed by atoms with van der Waals surface area (Å²) in [6, 6.07) is 9.59. The third kappa shape index (κ3) is 3.94. The monoisotopic (exact) mass is 301 g/mol. The van der Waals surface area contributed by atoms with E-state index in [1.165, 1.54) is 7.11 Å². The van der Waals surface area contributed by atoms with Gasteiger partial charge in [-0.1, -0.05) is 18.2 Å². The molecule has 116 valence electrons. The van der Waals surface area contributed by atoms with Gasteiger partial charge in [0.2, 0.25) is 0 Å². The molecule has 0 bridgehead atoms. The van der Waals surface area contributed by atoms with E-state index in [-0.39, 0.29) is 11.9 Å². The van der Waals surface area contributed by atoms with Gasteiger partial charge in [-0.2, -0.15) is 5.10 Å². The number of benzene rings is 1. The molecule has 0 saturated heterocycles. The van der Waals surface area contributed by atoms with Crippen molar-refractivity contribution in [3.63, 3.8) is 0 Å². The lowest BCUT2D eigenvalue weighted by molar-refractivity contribution is -0.140. The minimum atomic E-state index is -0.266. The SMILES string of the molecule is COC(=O)CCCN(C)C(=O)c1cnn(-c2ccccc2)c1. The molecule has 2 aromatic rings. The van der Waals surface area contributed by atoms with Gasteiger partial charge in [-0.3, -0.25) is 9.59 Å². The highest BCUT2D eigenvalue weighted by molar-refractivity contribution is 5.93.